The lowest BCUT2D eigenvalue weighted by Crippen LogP contribution is -2.18. The number of aromatic amines is 1. The Balaban J connectivity index is 1.68. The number of carbonyl (C=O) groups is 1. The van der Waals surface area contributed by atoms with E-state index < -0.39 is 10.8 Å². The number of nitro groups is 1. The Morgan fingerprint density at radius 1 is 1.10 bits per heavy atom. The van der Waals surface area contributed by atoms with Gasteiger partial charge in [-0.25, -0.2) is 4.79 Å². The Bertz CT molecular complexity index is 1340. The van der Waals surface area contributed by atoms with E-state index in [2.05, 4.69) is 10.3 Å². The highest BCUT2D eigenvalue weighted by molar-refractivity contribution is 6.06. The zero-order valence-corrected chi connectivity index (χ0v) is 15.7. The molecule has 0 unspecified atom stereocenters. The quantitative estimate of drug-likeness (QED) is 0.267. The molecule has 150 valence electrons. The van der Waals surface area contributed by atoms with Crippen LogP contribution in [-0.4, -0.2) is 20.4 Å². The molecule has 9 heteroatoms. The first-order valence-electron chi connectivity index (χ1n) is 9.05. The molecule has 0 bridgehead atoms. The number of rotatable bonds is 5. The molecule has 0 saturated heterocycles. The number of hydrogen-bond donors (Lipinski definition) is 3. The van der Waals surface area contributed by atoms with Crippen molar-refractivity contribution in [3.05, 3.63) is 98.5 Å². The molecule has 3 aromatic carbocycles. The maximum Gasteiger partial charge on any atom is 0.326 e. The van der Waals surface area contributed by atoms with Crippen molar-refractivity contribution < 1.29 is 9.72 Å². The second-order valence-electron chi connectivity index (χ2n) is 6.68. The fourth-order valence-corrected chi connectivity index (χ4v) is 3.25. The summed E-state index contributed by atoms with van der Waals surface area (Å²) in [5.74, 6) is -0.521. The fourth-order valence-electron chi connectivity index (χ4n) is 3.25. The van der Waals surface area contributed by atoms with E-state index >= 15 is 0 Å². The normalized spacial score (nSPS) is 10.8. The zero-order valence-electron chi connectivity index (χ0n) is 15.7. The number of benzene rings is 3. The van der Waals surface area contributed by atoms with Crippen LogP contribution in [0.5, 0.6) is 0 Å². The van der Waals surface area contributed by atoms with E-state index in [4.69, 9.17) is 5.73 Å². The van der Waals surface area contributed by atoms with Crippen molar-refractivity contribution in [2.75, 3.05) is 11.1 Å². The van der Waals surface area contributed by atoms with E-state index in [1.54, 1.807) is 48.5 Å². The Morgan fingerprint density at radius 3 is 2.60 bits per heavy atom. The third kappa shape index (κ3) is 3.51. The number of aromatic nitrogens is 2. The van der Waals surface area contributed by atoms with Crippen LogP contribution in [0.3, 0.4) is 0 Å². The maximum absolute atomic E-state index is 12.5. The molecule has 0 radical (unpaired) electrons. The largest absolute Gasteiger partial charge is 0.397 e. The Kier molecular flexibility index (Phi) is 4.77. The fraction of sp³-hybridized carbons (Fsp3) is 0.0476. The van der Waals surface area contributed by atoms with Crippen LogP contribution in [0, 0.1) is 10.1 Å². The molecule has 4 N–H and O–H groups in total. The number of hydrogen-bond acceptors (Lipinski definition) is 5. The number of nitrogens with two attached hydrogens (primary N) is 1. The van der Waals surface area contributed by atoms with Crippen molar-refractivity contribution >= 4 is 34.0 Å². The van der Waals surface area contributed by atoms with E-state index in [1.807, 2.05) is 0 Å². The highest BCUT2D eigenvalue weighted by atomic mass is 16.6. The van der Waals surface area contributed by atoms with Gasteiger partial charge in [0.1, 0.15) is 0 Å². The lowest BCUT2D eigenvalue weighted by molar-refractivity contribution is -0.385. The van der Waals surface area contributed by atoms with Crippen LogP contribution < -0.4 is 16.7 Å². The van der Waals surface area contributed by atoms with Crippen LogP contribution in [-0.2, 0) is 6.54 Å². The molecule has 0 fully saturated rings. The number of anilines is 2. The summed E-state index contributed by atoms with van der Waals surface area (Å²) in [6.45, 7) is -0.00725. The van der Waals surface area contributed by atoms with E-state index in [0.717, 1.165) is 0 Å². The van der Waals surface area contributed by atoms with Gasteiger partial charge in [0.25, 0.3) is 11.6 Å². The molecule has 0 atom stereocenters. The molecule has 0 spiro atoms. The maximum atomic E-state index is 12.5. The lowest BCUT2D eigenvalue weighted by atomic mass is 10.1. The van der Waals surface area contributed by atoms with Gasteiger partial charge in [0.2, 0.25) is 0 Å². The van der Waals surface area contributed by atoms with Gasteiger partial charge < -0.3 is 16.0 Å². The average Bonchev–Trinajstić information content (AvgIpc) is 3.05. The van der Waals surface area contributed by atoms with Crippen molar-refractivity contribution in [2.24, 2.45) is 0 Å². The first kappa shape index (κ1) is 18.9. The minimum absolute atomic E-state index is 0.00725. The van der Waals surface area contributed by atoms with Crippen LogP contribution in [0.2, 0.25) is 0 Å². The number of fused-ring (bicyclic) bond motifs is 1. The predicted octanol–water partition coefficient (Wildman–Crippen LogP) is 3.12. The minimum atomic E-state index is -0.567. The first-order valence-corrected chi connectivity index (χ1v) is 9.05. The van der Waals surface area contributed by atoms with Gasteiger partial charge >= 0.3 is 5.69 Å². The highest BCUT2D eigenvalue weighted by Crippen LogP contribution is 2.24. The van der Waals surface area contributed by atoms with Crippen LogP contribution >= 0.6 is 0 Å². The number of carbonyl (C=O) groups excluding carboxylic acids is 1. The Hall–Kier alpha value is -4.40. The van der Waals surface area contributed by atoms with Gasteiger partial charge in [-0.05, 0) is 36.4 Å². The molecule has 9 nitrogen and oxygen atoms in total. The third-order valence-corrected chi connectivity index (χ3v) is 4.76. The van der Waals surface area contributed by atoms with Crippen molar-refractivity contribution in [1.82, 2.24) is 9.55 Å². The summed E-state index contributed by atoms with van der Waals surface area (Å²) in [7, 11) is 0. The number of imidazole rings is 1. The lowest BCUT2D eigenvalue weighted by Gasteiger charge is -2.09. The van der Waals surface area contributed by atoms with Crippen LogP contribution in [0.25, 0.3) is 11.0 Å². The van der Waals surface area contributed by atoms with Gasteiger partial charge in [-0.1, -0.05) is 24.3 Å². The molecule has 1 heterocycles. The molecule has 4 rings (SSSR count). The third-order valence-electron chi connectivity index (χ3n) is 4.76. The number of nitrogens with zero attached hydrogens (tertiary/aromatic N) is 2. The summed E-state index contributed by atoms with van der Waals surface area (Å²) >= 11 is 0. The van der Waals surface area contributed by atoms with Crippen LogP contribution in [0.1, 0.15) is 15.9 Å². The molecule has 1 aromatic heterocycles. The highest BCUT2D eigenvalue weighted by Gasteiger charge is 2.20. The van der Waals surface area contributed by atoms with Gasteiger partial charge in [0.05, 0.1) is 33.9 Å². The molecular weight excluding hydrogens is 386 g/mol. The van der Waals surface area contributed by atoms with Gasteiger partial charge in [-0.2, -0.15) is 0 Å². The SMILES string of the molecule is Nc1ccccc1NC(=O)c1ccc(Cn2c(=O)[nH]c3ccccc32)c([N+](=O)[O-])c1. The molecular formula is C21H17N5O4. The smallest absolute Gasteiger partial charge is 0.326 e. The topological polar surface area (TPSA) is 136 Å². The molecule has 30 heavy (non-hydrogen) atoms. The number of para-hydroxylation sites is 4. The summed E-state index contributed by atoms with van der Waals surface area (Å²) in [5, 5.41) is 14.3. The minimum Gasteiger partial charge on any atom is -0.397 e. The number of nitrogen functional groups attached to an aromatic ring is 1. The second kappa shape index (κ2) is 7.55. The molecule has 0 aliphatic carbocycles. The number of H-pyrrole nitrogens is 1. The van der Waals surface area contributed by atoms with Gasteiger partial charge in [0.15, 0.2) is 0 Å². The predicted molar refractivity (Wildman–Crippen MR) is 114 cm³/mol. The van der Waals surface area contributed by atoms with E-state index in [9.17, 15) is 19.7 Å². The van der Waals surface area contributed by atoms with Crippen molar-refractivity contribution in [3.63, 3.8) is 0 Å². The molecule has 0 aliphatic heterocycles. The molecule has 1 amide bonds. The summed E-state index contributed by atoms with van der Waals surface area (Å²) in [5.41, 5.74) is 7.71. The second-order valence-corrected chi connectivity index (χ2v) is 6.68. The molecule has 0 aliphatic rings. The zero-order chi connectivity index (χ0) is 21.3. The van der Waals surface area contributed by atoms with Gasteiger partial charge in [0, 0.05) is 17.2 Å². The van der Waals surface area contributed by atoms with Crippen molar-refractivity contribution in [2.45, 2.75) is 6.54 Å². The van der Waals surface area contributed by atoms with Crippen LogP contribution in [0.4, 0.5) is 17.1 Å². The Labute approximate surface area is 169 Å². The van der Waals surface area contributed by atoms with Crippen molar-refractivity contribution in [1.29, 1.82) is 0 Å². The van der Waals surface area contributed by atoms with E-state index in [-0.39, 0.29) is 23.5 Å². The number of amides is 1. The number of nitro benzene ring substituents is 1. The Morgan fingerprint density at radius 2 is 1.83 bits per heavy atom. The van der Waals surface area contributed by atoms with Gasteiger partial charge in [-0.15, -0.1) is 0 Å². The van der Waals surface area contributed by atoms with E-state index in [0.29, 0.717) is 28.0 Å². The van der Waals surface area contributed by atoms with Crippen molar-refractivity contribution in [3.8, 4) is 0 Å². The summed E-state index contributed by atoms with van der Waals surface area (Å²) in [6.07, 6.45) is 0. The summed E-state index contributed by atoms with van der Waals surface area (Å²) in [4.78, 5) is 38.6. The van der Waals surface area contributed by atoms with E-state index in [1.165, 1.54) is 22.8 Å². The monoisotopic (exact) mass is 403 g/mol. The standard InChI is InChI=1S/C21H17N5O4/c22-15-5-1-2-6-16(15)23-20(27)13-9-10-14(19(11-13)26(29)30)12-25-18-8-4-3-7-17(18)24-21(25)28/h1-11H,12,22H2,(H,23,27)(H,24,28). The summed E-state index contributed by atoms with van der Waals surface area (Å²) < 4.78 is 1.42. The molecule has 4 aromatic rings. The van der Waals surface area contributed by atoms with Gasteiger partial charge in [-0.3, -0.25) is 19.5 Å². The first-order chi connectivity index (χ1) is 14.4. The molecule has 0 saturated carbocycles. The summed E-state index contributed by atoms with van der Waals surface area (Å²) in [6, 6.07) is 18.0. The number of nitrogens with one attached hydrogen (secondary N) is 2. The van der Waals surface area contributed by atoms with Crippen LogP contribution in [0.15, 0.2) is 71.5 Å². The average molecular weight is 403 g/mol.